The number of aromatic nitrogens is 4. The number of nitrogens with zero attached hydrogens (tertiary/aromatic N) is 2. The molecule has 7 heteroatoms. The van der Waals surface area contributed by atoms with E-state index in [9.17, 15) is 9.59 Å². The molecular weight excluding hydrogens is 336 g/mol. The molecule has 0 saturated carbocycles. The van der Waals surface area contributed by atoms with Crippen molar-refractivity contribution in [3.8, 4) is 11.4 Å². The number of aromatic amines is 2. The molecule has 0 radical (unpaired) electrons. The van der Waals surface area contributed by atoms with E-state index in [4.69, 9.17) is 0 Å². The fourth-order valence-electron chi connectivity index (χ4n) is 2.29. The number of imidazole rings is 1. The lowest BCUT2D eigenvalue weighted by Gasteiger charge is -2.03. The Morgan fingerprint density at radius 3 is 2.76 bits per heavy atom. The maximum absolute atomic E-state index is 11.9. The number of fused-ring (bicyclic) bond motifs is 1. The molecule has 2 heterocycles. The molecule has 3 aromatic rings. The topological polar surface area (TPSA) is 83.5 Å². The molecule has 108 valence electrons. The zero-order chi connectivity index (χ0) is 15.1. The van der Waals surface area contributed by atoms with Crippen LogP contribution in [0, 0.1) is 6.92 Å². The van der Waals surface area contributed by atoms with Crippen LogP contribution >= 0.6 is 15.9 Å². The van der Waals surface area contributed by atoms with Gasteiger partial charge in [0.15, 0.2) is 5.65 Å². The molecule has 0 bridgehead atoms. The van der Waals surface area contributed by atoms with Gasteiger partial charge >= 0.3 is 5.69 Å². The van der Waals surface area contributed by atoms with Crippen LogP contribution in [0.2, 0.25) is 0 Å². The summed E-state index contributed by atoms with van der Waals surface area (Å²) in [6.07, 6.45) is 0. The predicted octanol–water partition coefficient (Wildman–Crippen LogP) is 2.17. The molecule has 1 aromatic carbocycles. The second kappa shape index (κ2) is 5.00. The average Bonchev–Trinajstić information content (AvgIpc) is 2.87. The summed E-state index contributed by atoms with van der Waals surface area (Å²) in [4.78, 5) is 33.4. The lowest BCUT2D eigenvalue weighted by Crippen LogP contribution is -2.29. The minimum absolute atomic E-state index is 0.305. The van der Waals surface area contributed by atoms with Crippen molar-refractivity contribution in [1.82, 2.24) is 19.5 Å². The van der Waals surface area contributed by atoms with E-state index >= 15 is 0 Å². The van der Waals surface area contributed by atoms with Crippen LogP contribution in [0.3, 0.4) is 0 Å². The van der Waals surface area contributed by atoms with Gasteiger partial charge in [-0.2, -0.15) is 0 Å². The number of hydrogen-bond acceptors (Lipinski definition) is 3. The van der Waals surface area contributed by atoms with Gasteiger partial charge in [-0.3, -0.25) is 14.3 Å². The van der Waals surface area contributed by atoms with Gasteiger partial charge < -0.3 is 4.98 Å². The van der Waals surface area contributed by atoms with Crippen molar-refractivity contribution in [3.63, 3.8) is 0 Å². The summed E-state index contributed by atoms with van der Waals surface area (Å²) >= 11 is 3.53. The van der Waals surface area contributed by atoms with Crippen LogP contribution in [0.5, 0.6) is 0 Å². The highest BCUT2D eigenvalue weighted by atomic mass is 79.9. The Morgan fingerprint density at radius 1 is 1.29 bits per heavy atom. The summed E-state index contributed by atoms with van der Waals surface area (Å²) in [5.41, 5.74) is 1.68. The van der Waals surface area contributed by atoms with Gasteiger partial charge in [-0.15, -0.1) is 0 Å². The van der Waals surface area contributed by atoms with Gasteiger partial charge in [0.25, 0.3) is 5.56 Å². The summed E-state index contributed by atoms with van der Waals surface area (Å²) in [6, 6.07) is 5.79. The van der Waals surface area contributed by atoms with Crippen LogP contribution in [-0.2, 0) is 6.54 Å². The fourth-order valence-corrected chi connectivity index (χ4v) is 2.74. The number of benzene rings is 1. The molecular formula is C14H13BrN4O2. The Bertz CT molecular complexity index is 952. The minimum Gasteiger partial charge on any atom is -0.332 e. The molecule has 3 rings (SSSR count). The Hall–Kier alpha value is -2.15. The SMILES string of the molecule is CCn1c(=O)[nH]c(=O)c2[nH]c(-c3cccc(C)c3Br)nc21. The quantitative estimate of drug-likeness (QED) is 0.744. The second-order valence-corrected chi connectivity index (χ2v) is 5.52. The first-order valence-electron chi connectivity index (χ1n) is 6.51. The molecule has 0 fully saturated rings. The molecule has 21 heavy (non-hydrogen) atoms. The van der Waals surface area contributed by atoms with E-state index < -0.39 is 11.2 Å². The molecule has 0 unspecified atom stereocenters. The van der Waals surface area contributed by atoms with Crippen molar-refractivity contribution in [2.24, 2.45) is 0 Å². The number of halogens is 1. The predicted molar refractivity (Wildman–Crippen MR) is 84.5 cm³/mol. The lowest BCUT2D eigenvalue weighted by molar-refractivity contribution is 0.720. The molecule has 0 aliphatic rings. The summed E-state index contributed by atoms with van der Waals surface area (Å²) in [5.74, 6) is 0.555. The first kappa shape index (κ1) is 13.8. The van der Waals surface area contributed by atoms with Crippen molar-refractivity contribution in [2.45, 2.75) is 20.4 Å². The molecule has 0 saturated heterocycles. The summed E-state index contributed by atoms with van der Waals surface area (Å²) < 4.78 is 2.34. The first-order chi connectivity index (χ1) is 10.0. The van der Waals surface area contributed by atoms with Gasteiger partial charge in [-0.25, -0.2) is 9.78 Å². The number of hydrogen-bond donors (Lipinski definition) is 2. The van der Waals surface area contributed by atoms with E-state index in [-0.39, 0.29) is 0 Å². The number of nitrogens with one attached hydrogen (secondary N) is 2. The Morgan fingerprint density at radius 2 is 2.05 bits per heavy atom. The van der Waals surface area contributed by atoms with Crippen molar-refractivity contribution >= 4 is 27.1 Å². The fraction of sp³-hybridized carbons (Fsp3) is 0.214. The maximum atomic E-state index is 11.9. The van der Waals surface area contributed by atoms with Gasteiger partial charge in [0.1, 0.15) is 11.3 Å². The van der Waals surface area contributed by atoms with Gasteiger partial charge in [-0.1, -0.05) is 18.2 Å². The maximum Gasteiger partial charge on any atom is 0.330 e. The summed E-state index contributed by atoms with van der Waals surface area (Å²) in [7, 11) is 0. The zero-order valence-electron chi connectivity index (χ0n) is 11.5. The normalized spacial score (nSPS) is 11.2. The minimum atomic E-state index is -0.456. The van der Waals surface area contributed by atoms with Crippen LogP contribution < -0.4 is 11.2 Å². The van der Waals surface area contributed by atoms with Crippen LogP contribution in [0.25, 0.3) is 22.6 Å². The standard InChI is InChI=1S/C14H13BrN4O2/c1-3-19-12-10(13(20)18-14(19)21)16-11(17-12)8-6-4-5-7(2)9(8)15/h4-6H,3H2,1-2H3,(H,16,17)(H,18,20,21). The van der Waals surface area contributed by atoms with Gasteiger partial charge in [-0.05, 0) is 35.3 Å². The molecule has 6 nitrogen and oxygen atoms in total. The Labute approximate surface area is 128 Å². The van der Waals surface area contributed by atoms with E-state index in [0.717, 1.165) is 15.6 Å². The number of aryl methyl sites for hydroxylation is 2. The van der Waals surface area contributed by atoms with E-state index in [1.807, 2.05) is 32.0 Å². The molecule has 2 N–H and O–H groups in total. The average molecular weight is 349 g/mol. The third-order valence-corrected chi connectivity index (χ3v) is 4.45. The van der Waals surface area contributed by atoms with E-state index in [2.05, 4.69) is 30.9 Å². The Kier molecular flexibility index (Phi) is 3.29. The van der Waals surface area contributed by atoms with E-state index in [1.165, 1.54) is 4.57 Å². The highest BCUT2D eigenvalue weighted by molar-refractivity contribution is 9.10. The zero-order valence-corrected chi connectivity index (χ0v) is 13.1. The van der Waals surface area contributed by atoms with Gasteiger partial charge in [0.2, 0.25) is 0 Å². The van der Waals surface area contributed by atoms with E-state index in [1.54, 1.807) is 0 Å². The Balaban J connectivity index is 2.37. The van der Waals surface area contributed by atoms with Gasteiger partial charge in [0, 0.05) is 16.6 Å². The third-order valence-electron chi connectivity index (χ3n) is 3.40. The van der Waals surface area contributed by atoms with Crippen LogP contribution in [0.1, 0.15) is 12.5 Å². The molecule has 0 spiro atoms. The summed E-state index contributed by atoms with van der Waals surface area (Å²) in [5, 5.41) is 0. The largest absolute Gasteiger partial charge is 0.332 e. The van der Waals surface area contributed by atoms with Crippen LogP contribution in [0.15, 0.2) is 32.3 Å². The highest BCUT2D eigenvalue weighted by Gasteiger charge is 2.15. The second-order valence-electron chi connectivity index (χ2n) is 4.72. The van der Waals surface area contributed by atoms with Crippen molar-refractivity contribution < 1.29 is 0 Å². The molecule has 0 aliphatic carbocycles. The monoisotopic (exact) mass is 348 g/mol. The van der Waals surface area contributed by atoms with Crippen LogP contribution in [0.4, 0.5) is 0 Å². The lowest BCUT2D eigenvalue weighted by atomic mass is 10.1. The number of H-pyrrole nitrogens is 2. The highest BCUT2D eigenvalue weighted by Crippen LogP contribution is 2.29. The third kappa shape index (κ3) is 2.13. The van der Waals surface area contributed by atoms with Crippen molar-refractivity contribution in [3.05, 3.63) is 49.1 Å². The number of rotatable bonds is 2. The first-order valence-corrected chi connectivity index (χ1v) is 7.30. The molecule has 0 atom stereocenters. The summed E-state index contributed by atoms with van der Waals surface area (Å²) in [6.45, 7) is 4.24. The van der Waals surface area contributed by atoms with E-state index in [0.29, 0.717) is 23.5 Å². The van der Waals surface area contributed by atoms with Crippen molar-refractivity contribution in [1.29, 1.82) is 0 Å². The molecule has 2 aromatic heterocycles. The van der Waals surface area contributed by atoms with Gasteiger partial charge in [0.05, 0.1) is 0 Å². The molecule has 0 aliphatic heterocycles. The van der Waals surface area contributed by atoms with Crippen molar-refractivity contribution in [2.75, 3.05) is 0 Å². The van der Waals surface area contributed by atoms with Crippen LogP contribution in [-0.4, -0.2) is 19.5 Å². The smallest absolute Gasteiger partial charge is 0.330 e. The molecule has 0 amide bonds.